The number of aliphatic hydroxyl groups excluding tert-OH is 2. The van der Waals surface area contributed by atoms with Crippen LogP contribution < -0.4 is 11.4 Å². The van der Waals surface area contributed by atoms with Gasteiger partial charge in [-0.3, -0.25) is 4.57 Å². The maximum atomic E-state index is 14.6. The summed E-state index contributed by atoms with van der Waals surface area (Å²) in [5, 5.41) is 18.7. The molecule has 0 spiro atoms. The molecule has 1 fully saturated rings. The van der Waals surface area contributed by atoms with Crippen LogP contribution in [0.3, 0.4) is 0 Å². The molecule has 1 saturated heterocycles. The lowest BCUT2D eigenvalue weighted by Crippen LogP contribution is -2.44. The first-order valence-electron chi connectivity index (χ1n) is 5.39. The molecular weight excluding hydrogens is 257 g/mol. The Bertz CT molecular complexity index is 584. The first-order chi connectivity index (χ1) is 8.93. The second-order valence-corrected chi connectivity index (χ2v) is 4.11. The quantitative estimate of drug-likeness (QED) is 0.559. The predicted octanol–water partition coefficient (Wildman–Crippen LogP) is -1.58. The average molecular weight is 269 g/mol. The number of halogens is 1. The van der Waals surface area contributed by atoms with E-state index in [1.807, 2.05) is 0 Å². The van der Waals surface area contributed by atoms with Gasteiger partial charge in [-0.1, -0.05) is 5.92 Å². The molecule has 1 aromatic rings. The van der Waals surface area contributed by atoms with Gasteiger partial charge in [0.05, 0.1) is 6.61 Å². The molecule has 7 nitrogen and oxygen atoms in total. The van der Waals surface area contributed by atoms with E-state index in [-0.39, 0.29) is 5.82 Å². The Morgan fingerprint density at radius 1 is 1.74 bits per heavy atom. The number of ether oxygens (including phenoxy) is 1. The highest BCUT2D eigenvalue weighted by molar-refractivity contribution is 5.25. The molecule has 1 aliphatic rings. The van der Waals surface area contributed by atoms with E-state index in [1.165, 1.54) is 6.07 Å². The van der Waals surface area contributed by atoms with E-state index < -0.39 is 36.4 Å². The Kier molecular flexibility index (Phi) is 3.28. The van der Waals surface area contributed by atoms with Gasteiger partial charge in [0.15, 0.2) is 6.23 Å². The zero-order valence-electron chi connectivity index (χ0n) is 9.73. The van der Waals surface area contributed by atoms with Crippen molar-refractivity contribution in [2.75, 3.05) is 12.3 Å². The van der Waals surface area contributed by atoms with Gasteiger partial charge in [-0.05, 0) is 6.07 Å². The number of nitrogens with zero attached hydrogens (tertiary/aromatic N) is 2. The van der Waals surface area contributed by atoms with Gasteiger partial charge in [0.1, 0.15) is 18.0 Å². The number of alkyl halides is 1. The van der Waals surface area contributed by atoms with Crippen LogP contribution in [0, 0.1) is 12.3 Å². The molecule has 0 saturated carbocycles. The molecule has 4 N–H and O–H groups in total. The highest BCUT2D eigenvalue weighted by Crippen LogP contribution is 2.40. The lowest BCUT2D eigenvalue weighted by molar-refractivity contribution is -0.0542. The SMILES string of the molecule is C#C[C@]1(F)C(n2ccc(N)nc2=O)O[C@H](CO)[C@H]1O. The zero-order valence-corrected chi connectivity index (χ0v) is 9.73. The van der Waals surface area contributed by atoms with E-state index in [0.717, 1.165) is 10.8 Å². The molecule has 19 heavy (non-hydrogen) atoms. The molecule has 0 aliphatic carbocycles. The summed E-state index contributed by atoms with van der Waals surface area (Å²) < 4.78 is 20.4. The molecule has 4 atom stereocenters. The summed E-state index contributed by atoms with van der Waals surface area (Å²) >= 11 is 0. The molecule has 1 aromatic heterocycles. The maximum absolute atomic E-state index is 14.6. The van der Waals surface area contributed by atoms with Crippen molar-refractivity contribution < 1.29 is 19.3 Å². The number of nitrogens with two attached hydrogens (primary N) is 1. The van der Waals surface area contributed by atoms with Crippen LogP contribution in [0.4, 0.5) is 10.2 Å². The fraction of sp³-hybridized carbons (Fsp3) is 0.455. The molecule has 8 heteroatoms. The van der Waals surface area contributed by atoms with Gasteiger partial charge in [0.2, 0.25) is 5.67 Å². The highest BCUT2D eigenvalue weighted by atomic mass is 19.1. The minimum atomic E-state index is -2.64. The number of rotatable bonds is 2. The molecule has 102 valence electrons. The van der Waals surface area contributed by atoms with E-state index >= 15 is 0 Å². The Balaban J connectivity index is 2.49. The van der Waals surface area contributed by atoms with Crippen molar-refractivity contribution in [3.63, 3.8) is 0 Å². The topological polar surface area (TPSA) is 111 Å². The van der Waals surface area contributed by atoms with Crippen LogP contribution in [-0.4, -0.2) is 44.2 Å². The predicted molar refractivity (Wildman–Crippen MR) is 62.6 cm³/mol. The van der Waals surface area contributed by atoms with E-state index in [1.54, 1.807) is 5.92 Å². The Morgan fingerprint density at radius 2 is 2.42 bits per heavy atom. The van der Waals surface area contributed by atoms with Gasteiger partial charge in [0.25, 0.3) is 0 Å². The third-order valence-electron chi connectivity index (χ3n) is 2.95. The van der Waals surface area contributed by atoms with E-state index in [0.29, 0.717) is 0 Å². The monoisotopic (exact) mass is 269 g/mol. The van der Waals surface area contributed by atoms with E-state index in [9.17, 15) is 14.3 Å². The minimum Gasteiger partial charge on any atom is -0.394 e. The minimum absolute atomic E-state index is 0.0383. The van der Waals surface area contributed by atoms with Crippen LogP contribution in [0.1, 0.15) is 6.23 Å². The van der Waals surface area contributed by atoms with Crippen molar-refractivity contribution in [3.8, 4) is 12.3 Å². The number of aromatic nitrogens is 2. The molecule has 0 aromatic carbocycles. The summed E-state index contributed by atoms with van der Waals surface area (Å²) in [4.78, 5) is 15.1. The second kappa shape index (κ2) is 4.62. The van der Waals surface area contributed by atoms with E-state index in [2.05, 4.69) is 4.98 Å². The third kappa shape index (κ3) is 1.98. The molecule has 1 unspecified atom stereocenters. The van der Waals surface area contributed by atoms with Gasteiger partial charge in [-0.25, -0.2) is 9.18 Å². The summed E-state index contributed by atoms with van der Waals surface area (Å²) in [6.07, 6.45) is 1.68. The van der Waals surface area contributed by atoms with Gasteiger partial charge in [-0.15, -0.1) is 6.42 Å². The first kappa shape index (κ1) is 13.5. The fourth-order valence-electron chi connectivity index (χ4n) is 1.93. The van der Waals surface area contributed by atoms with Crippen LogP contribution in [0.15, 0.2) is 17.1 Å². The van der Waals surface area contributed by atoms with Gasteiger partial charge in [0, 0.05) is 6.20 Å². The molecule has 0 bridgehead atoms. The van der Waals surface area contributed by atoms with Crippen molar-refractivity contribution in [3.05, 3.63) is 22.7 Å². The van der Waals surface area contributed by atoms with Crippen molar-refractivity contribution >= 4 is 5.82 Å². The number of nitrogen functional groups attached to an aromatic ring is 1. The van der Waals surface area contributed by atoms with Crippen LogP contribution in [-0.2, 0) is 4.74 Å². The van der Waals surface area contributed by atoms with Crippen molar-refractivity contribution in [1.82, 2.24) is 9.55 Å². The zero-order chi connectivity index (χ0) is 14.2. The summed E-state index contributed by atoms with van der Waals surface area (Å²) in [7, 11) is 0. The van der Waals surface area contributed by atoms with Crippen molar-refractivity contribution in [2.45, 2.75) is 24.1 Å². The Labute approximate surface area is 107 Å². The van der Waals surface area contributed by atoms with Crippen molar-refractivity contribution in [1.29, 1.82) is 0 Å². The molecule has 0 amide bonds. The average Bonchev–Trinajstić information content (AvgIpc) is 2.63. The van der Waals surface area contributed by atoms with Gasteiger partial charge < -0.3 is 20.7 Å². The molecule has 2 rings (SSSR count). The summed E-state index contributed by atoms with van der Waals surface area (Å²) in [6, 6.07) is 1.26. The van der Waals surface area contributed by atoms with Crippen LogP contribution in [0.2, 0.25) is 0 Å². The standard InChI is InChI=1S/C11H12FN3O4/c1-2-11(12)8(17)6(5-16)19-9(11)15-4-3-7(13)14-10(15)18/h1,3-4,6,8-9,16-17H,5H2,(H2,13,14,18)/t6-,8-,9?,11-/m1/s1. The highest BCUT2D eigenvalue weighted by Gasteiger charge is 2.57. The molecule has 0 radical (unpaired) electrons. The summed E-state index contributed by atoms with van der Waals surface area (Å²) in [5.74, 6) is 1.73. The lowest BCUT2D eigenvalue weighted by Gasteiger charge is -2.23. The van der Waals surface area contributed by atoms with Crippen molar-refractivity contribution in [2.24, 2.45) is 0 Å². The van der Waals surface area contributed by atoms with Gasteiger partial charge >= 0.3 is 5.69 Å². The Morgan fingerprint density at radius 3 is 2.95 bits per heavy atom. The number of hydrogen-bond donors (Lipinski definition) is 3. The smallest absolute Gasteiger partial charge is 0.351 e. The Hall–Kier alpha value is -1.95. The lowest BCUT2D eigenvalue weighted by atomic mass is 9.97. The van der Waals surface area contributed by atoms with Crippen LogP contribution in [0.5, 0.6) is 0 Å². The van der Waals surface area contributed by atoms with E-state index in [4.69, 9.17) is 22.0 Å². The van der Waals surface area contributed by atoms with Crippen LogP contribution in [0.25, 0.3) is 0 Å². The third-order valence-corrected chi connectivity index (χ3v) is 2.95. The van der Waals surface area contributed by atoms with Gasteiger partial charge in [-0.2, -0.15) is 4.98 Å². The molecule has 1 aliphatic heterocycles. The molecular formula is C11H12FN3O4. The molecule has 2 heterocycles. The number of aliphatic hydroxyl groups is 2. The second-order valence-electron chi connectivity index (χ2n) is 4.11. The first-order valence-corrected chi connectivity index (χ1v) is 5.39. The fourth-order valence-corrected chi connectivity index (χ4v) is 1.93. The summed E-state index contributed by atoms with van der Waals surface area (Å²) in [6.45, 7) is -0.637. The summed E-state index contributed by atoms with van der Waals surface area (Å²) in [5.41, 5.74) is 1.81. The largest absolute Gasteiger partial charge is 0.394 e. The number of hydrogen-bond acceptors (Lipinski definition) is 6. The maximum Gasteiger partial charge on any atom is 0.351 e. The number of terminal acetylenes is 1. The van der Waals surface area contributed by atoms with Crippen LogP contribution >= 0.6 is 0 Å². The normalized spacial score (nSPS) is 34.1. The number of anilines is 1.